The molecule has 1 aromatic rings. The molecule has 0 saturated heterocycles. The van der Waals surface area contributed by atoms with Crippen LogP contribution in [0.2, 0.25) is 0 Å². The van der Waals surface area contributed by atoms with Gasteiger partial charge in [-0.3, -0.25) is 0 Å². The van der Waals surface area contributed by atoms with Gasteiger partial charge in [-0.2, -0.15) is 0 Å². The Bertz CT molecular complexity index is 467. The van der Waals surface area contributed by atoms with Gasteiger partial charge in [-0.25, -0.2) is 8.93 Å². The van der Waals surface area contributed by atoms with E-state index in [4.69, 9.17) is 4.74 Å². The van der Waals surface area contributed by atoms with E-state index < -0.39 is 11.0 Å². The molecule has 118 valence electrons. The minimum absolute atomic E-state index is 0.304. The smallest absolute Gasteiger partial charge is 0.0976 e. The normalized spacial score (nSPS) is 16.2. The third-order valence-corrected chi connectivity index (χ3v) is 4.81. The zero-order valence-corrected chi connectivity index (χ0v) is 14.3. The fourth-order valence-corrected chi connectivity index (χ4v) is 2.69. The van der Waals surface area contributed by atoms with Gasteiger partial charge in [0.05, 0.1) is 34.5 Å². The summed E-state index contributed by atoms with van der Waals surface area (Å²) in [7, 11) is -1.13. The number of nitrogens with one attached hydrogen (secondary N) is 1. The molecule has 4 heteroatoms. The predicted octanol–water partition coefficient (Wildman–Crippen LogP) is 3.59. The van der Waals surface area contributed by atoms with Gasteiger partial charge in [0.25, 0.3) is 0 Å². The Morgan fingerprint density at radius 2 is 1.86 bits per heavy atom. The molecule has 0 heterocycles. The summed E-state index contributed by atoms with van der Waals surface area (Å²) in [6.45, 7) is 12.7. The highest BCUT2D eigenvalue weighted by Gasteiger charge is 2.30. The second kappa shape index (κ2) is 7.87. The third-order valence-electron chi connectivity index (χ3n) is 3.02. The first-order valence-corrected chi connectivity index (χ1v) is 8.34. The van der Waals surface area contributed by atoms with Gasteiger partial charge in [0, 0.05) is 0 Å². The zero-order chi connectivity index (χ0) is 15.9. The van der Waals surface area contributed by atoms with Gasteiger partial charge in [0.15, 0.2) is 0 Å². The quantitative estimate of drug-likeness (QED) is 0.745. The topological polar surface area (TPSA) is 38.3 Å². The van der Waals surface area contributed by atoms with Gasteiger partial charge in [-0.15, -0.1) is 6.58 Å². The van der Waals surface area contributed by atoms with E-state index in [-0.39, 0.29) is 10.3 Å². The maximum Gasteiger partial charge on any atom is 0.0976 e. The minimum Gasteiger partial charge on any atom is -0.375 e. The first-order valence-electron chi connectivity index (χ1n) is 7.19. The number of benzene rings is 1. The second-order valence-electron chi connectivity index (χ2n) is 6.52. The summed E-state index contributed by atoms with van der Waals surface area (Å²) in [5, 5.41) is 0. The van der Waals surface area contributed by atoms with Gasteiger partial charge in [0.1, 0.15) is 0 Å². The van der Waals surface area contributed by atoms with E-state index in [0.29, 0.717) is 19.6 Å². The van der Waals surface area contributed by atoms with E-state index in [0.717, 1.165) is 5.56 Å². The molecule has 3 nitrogen and oxygen atoms in total. The van der Waals surface area contributed by atoms with E-state index >= 15 is 0 Å². The molecule has 0 aliphatic carbocycles. The van der Waals surface area contributed by atoms with Crippen molar-refractivity contribution in [3.8, 4) is 0 Å². The first kappa shape index (κ1) is 18.1. The SMILES string of the molecule is C=CCC(C)(COCc1ccccc1)NS(=O)C(C)(C)C. The number of rotatable bonds is 8. The maximum absolute atomic E-state index is 12.3. The Morgan fingerprint density at radius 1 is 1.24 bits per heavy atom. The Hall–Kier alpha value is -0.970. The number of hydrogen-bond donors (Lipinski definition) is 1. The summed E-state index contributed by atoms with van der Waals surface area (Å²) in [6.07, 6.45) is 2.53. The predicted molar refractivity (Wildman–Crippen MR) is 90.3 cm³/mol. The molecule has 0 saturated carbocycles. The summed E-state index contributed by atoms with van der Waals surface area (Å²) >= 11 is 0. The lowest BCUT2D eigenvalue weighted by molar-refractivity contribution is 0.0743. The molecule has 1 rings (SSSR count). The number of hydrogen-bond acceptors (Lipinski definition) is 2. The third kappa shape index (κ3) is 6.55. The van der Waals surface area contributed by atoms with Crippen LogP contribution in [0.5, 0.6) is 0 Å². The lowest BCUT2D eigenvalue weighted by Gasteiger charge is -2.32. The first-order chi connectivity index (χ1) is 9.77. The summed E-state index contributed by atoms with van der Waals surface area (Å²) in [5.74, 6) is 0. The Morgan fingerprint density at radius 3 is 2.38 bits per heavy atom. The van der Waals surface area contributed by atoms with Gasteiger partial charge < -0.3 is 4.74 Å². The molecule has 1 N–H and O–H groups in total. The van der Waals surface area contributed by atoms with E-state index in [2.05, 4.69) is 11.3 Å². The second-order valence-corrected chi connectivity index (χ2v) is 8.48. The molecule has 2 atom stereocenters. The highest BCUT2D eigenvalue weighted by molar-refractivity contribution is 7.84. The molecule has 0 bridgehead atoms. The average molecular weight is 309 g/mol. The summed E-state index contributed by atoms with van der Waals surface area (Å²) in [6, 6.07) is 10.0. The molecular weight excluding hydrogens is 282 g/mol. The summed E-state index contributed by atoms with van der Waals surface area (Å²) < 4.78 is 21.0. The van der Waals surface area contributed by atoms with Crippen LogP contribution in [0.25, 0.3) is 0 Å². The molecule has 0 fully saturated rings. The lowest BCUT2D eigenvalue weighted by atomic mass is 10.0. The molecule has 0 spiro atoms. The molecule has 21 heavy (non-hydrogen) atoms. The van der Waals surface area contributed by atoms with E-state index in [1.165, 1.54) is 0 Å². The zero-order valence-electron chi connectivity index (χ0n) is 13.5. The van der Waals surface area contributed by atoms with Crippen molar-refractivity contribution in [2.24, 2.45) is 0 Å². The standard InChI is InChI=1S/C17H27NO2S/c1-6-12-17(5,18-21(19)16(2,3)4)14-20-13-15-10-8-7-9-11-15/h6-11,18H,1,12-14H2,2-5H3. The van der Waals surface area contributed by atoms with Crippen molar-refractivity contribution in [1.29, 1.82) is 0 Å². The average Bonchev–Trinajstić information content (AvgIpc) is 2.39. The highest BCUT2D eigenvalue weighted by Crippen LogP contribution is 2.18. The maximum atomic E-state index is 12.3. The molecule has 1 aromatic carbocycles. The van der Waals surface area contributed by atoms with Crippen LogP contribution in [0.4, 0.5) is 0 Å². The van der Waals surface area contributed by atoms with Crippen LogP contribution in [-0.4, -0.2) is 21.1 Å². The summed E-state index contributed by atoms with van der Waals surface area (Å²) in [5.41, 5.74) is 0.754. The van der Waals surface area contributed by atoms with Crippen molar-refractivity contribution >= 4 is 11.0 Å². The van der Waals surface area contributed by atoms with Crippen LogP contribution < -0.4 is 4.72 Å². The van der Waals surface area contributed by atoms with Crippen molar-refractivity contribution in [3.63, 3.8) is 0 Å². The molecule has 0 aliphatic heterocycles. The van der Waals surface area contributed by atoms with Crippen molar-refractivity contribution in [2.45, 2.75) is 51.0 Å². The van der Waals surface area contributed by atoms with Crippen LogP contribution >= 0.6 is 0 Å². The van der Waals surface area contributed by atoms with Gasteiger partial charge in [-0.1, -0.05) is 36.4 Å². The highest BCUT2D eigenvalue weighted by atomic mass is 32.2. The van der Waals surface area contributed by atoms with Crippen molar-refractivity contribution in [3.05, 3.63) is 48.6 Å². The monoisotopic (exact) mass is 309 g/mol. The van der Waals surface area contributed by atoms with Gasteiger partial charge in [0.2, 0.25) is 0 Å². The van der Waals surface area contributed by atoms with Crippen molar-refractivity contribution in [2.75, 3.05) is 6.61 Å². The van der Waals surface area contributed by atoms with Crippen molar-refractivity contribution in [1.82, 2.24) is 4.72 Å². The molecular formula is C17H27NO2S. The fraction of sp³-hybridized carbons (Fsp3) is 0.529. The van der Waals surface area contributed by atoms with Crippen LogP contribution in [0.15, 0.2) is 43.0 Å². The minimum atomic E-state index is -1.13. The largest absolute Gasteiger partial charge is 0.375 e. The van der Waals surface area contributed by atoms with Crippen LogP contribution in [0.3, 0.4) is 0 Å². The number of ether oxygens (including phenoxy) is 1. The molecule has 0 aromatic heterocycles. The molecule has 0 aliphatic rings. The van der Waals surface area contributed by atoms with E-state index in [1.807, 2.05) is 64.1 Å². The lowest BCUT2D eigenvalue weighted by Crippen LogP contribution is -2.50. The summed E-state index contributed by atoms with van der Waals surface area (Å²) in [4.78, 5) is 0. The molecule has 0 radical (unpaired) electrons. The van der Waals surface area contributed by atoms with Gasteiger partial charge in [-0.05, 0) is 39.7 Å². The fourth-order valence-electron chi connectivity index (χ4n) is 1.79. The Labute approximate surface area is 131 Å². The van der Waals surface area contributed by atoms with Crippen LogP contribution in [-0.2, 0) is 22.3 Å². The Kier molecular flexibility index (Phi) is 6.78. The van der Waals surface area contributed by atoms with Crippen LogP contribution in [0, 0.1) is 0 Å². The van der Waals surface area contributed by atoms with Crippen molar-refractivity contribution < 1.29 is 8.95 Å². The molecule has 0 amide bonds. The Balaban J connectivity index is 2.59. The van der Waals surface area contributed by atoms with Crippen LogP contribution in [0.1, 0.15) is 39.7 Å². The molecule has 2 unspecified atom stereocenters. The van der Waals surface area contributed by atoms with E-state index in [9.17, 15) is 4.21 Å². The van der Waals surface area contributed by atoms with Gasteiger partial charge >= 0.3 is 0 Å². The van der Waals surface area contributed by atoms with E-state index in [1.54, 1.807) is 0 Å².